The molecule has 2 aromatic rings. The maximum Gasteiger partial charge on any atom is 0.341 e. The lowest BCUT2D eigenvalue weighted by Crippen LogP contribution is -2.10. The molecule has 0 fully saturated rings. The van der Waals surface area contributed by atoms with Gasteiger partial charge in [-0.3, -0.25) is 5.43 Å². The molecule has 0 aliphatic rings. The molecule has 0 saturated carbocycles. The molecule has 7 nitrogen and oxygen atoms in total. The van der Waals surface area contributed by atoms with E-state index < -0.39 is 5.97 Å². The van der Waals surface area contributed by atoms with Crippen molar-refractivity contribution in [2.24, 2.45) is 5.10 Å². The van der Waals surface area contributed by atoms with Crippen molar-refractivity contribution in [3.8, 4) is 0 Å². The van der Waals surface area contributed by atoms with Gasteiger partial charge in [-0.2, -0.15) is 10.2 Å². The van der Waals surface area contributed by atoms with Crippen molar-refractivity contribution in [3.05, 3.63) is 17.5 Å². The second-order valence-corrected chi connectivity index (χ2v) is 5.76. The minimum Gasteiger partial charge on any atom is -0.462 e. The highest BCUT2D eigenvalue weighted by Gasteiger charge is 2.22. The van der Waals surface area contributed by atoms with Gasteiger partial charge in [0.25, 0.3) is 0 Å². The predicted octanol–water partition coefficient (Wildman–Crippen LogP) is 3.31. The van der Waals surface area contributed by atoms with Crippen molar-refractivity contribution >= 4 is 28.4 Å². The van der Waals surface area contributed by atoms with Gasteiger partial charge in [0, 0.05) is 18.0 Å². The molecular formula is C16H23N5O2. The van der Waals surface area contributed by atoms with Crippen LogP contribution >= 0.6 is 0 Å². The van der Waals surface area contributed by atoms with Crippen molar-refractivity contribution in [2.45, 2.75) is 47.6 Å². The van der Waals surface area contributed by atoms with E-state index in [-0.39, 0.29) is 6.04 Å². The molecule has 124 valence electrons. The average molecular weight is 317 g/mol. The van der Waals surface area contributed by atoms with Crippen LogP contribution in [0.3, 0.4) is 0 Å². The van der Waals surface area contributed by atoms with Gasteiger partial charge in [0.1, 0.15) is 5.56 Å². The quantitative estimate of drug-likeness (QED) is 0.520. The van der Waals surface area contributed by atoms with Gasteiger partial charge in [0.2, 0.25) is 0 Å². The lowest BCUT2D eigenvalue weighted by molar-refractivity contribution is 0.0527. The van der Waals surface area contributed by atoms with Crippen LogP contribution in [0.15, 0.2) is 11.3 Å². The van der Waals surface area contributed by atoms with Gasteiger partial charge in [0.15, 0.2) is 5.65 Å². The molecule has 7 heteroatoms. The molecule has 23 heavy (non-hydrogen) atoms. The summed E-state index contributed by atoms with van der Waals surface area (Å²) in [7, 11) is 0. The lowest BCUT2D eigenvalue weighted by atomic mass is 10.1. The van der Waals surface area contributed by atoms with Crippen molar-refractivity contribution in [3.63, 3.8) is 0 Å². The molecule has 0 aliphatic heterocycles. The Morgan fingerprint density at radius 2 is 2.13 bits per heavy atom. The largest absolute Gasteiger partial charge is 0.462 e. The van der Waals surface area contributed by atoms with E-state index in [1.165, 1.54) is 6.20 Å². The molecule has 2 heterocycles. The van der Waals surface area contributed by atoms with E-state index in [4.69, 9.17) is 4.74 Å². The highest BCUT2D eigenvalue weighted by molar-refractivity contribution is 6.05. The molecule has 0 saturated heterocycles. The summed E-state index contributed by atoms with van der Waals surface area (Å²) in [6, 6.07) is 0.163. The molecule has 2 aromatic heterocycles. The maximum absolute atomic E-state index is 12.2. The van der Waals surface area contributed by atoms with Gasteiger partial charge < -0.3 is 4.74 Å². The molecular weight excluding hydrogens is 294 g/mol. The minimum absolute atomic E-state index is 0.163. The molecule has 0 spiro atoms. The van der Waals surface area contributed by atoms with Crippen LogP contribution in [0.4, 0.5) is 5.69 Å². The molecule has 0 atom stereocenters. The number of pyridine rings is 1. The Hall–Kier alpha value is -2.44. The van der Waals surface area contributed by atoms with E-state index in [1.54, 1.807) is 6.92 Å². The van der Waals surface area contributed by atoms with E-state index in [2.05, 4.69) is 20.6 Å². The average Bonchev–Trinajstić information content (AvgIpc) is 2.82. The number of esters is 1. The Morgan fingerprint density at radius 3 is 2.70 bits per heavy atom. The summed E-state index contributed by atoms with van der Waals surface area (Å²) in [5.74, 6) is -0.426. The number of aromatic nitrogens is 3. The van der Waals surface area contributed by atoms with Crippen LogP contribution < -0.4 is 5.43 Å². The first kappa shape index (κ1) is 16.9. The van der Waals surface area contributed by atoms with Crippen LogP contribution in [0.2, 0.25) is 0 Å². The zero-order valence-electron chi connectivity index (χ0n) is 14.5. The first-order valence-corrected chi connectivity index (χ1v) is 7.68. The first-order chi connectivity index (χ1) is 10.9. The molecule has 0 aromatic carbocycles. The van der Waals surface area contributed by atoms with E-state index in [1.807, 2.05) is 39.3 Å². The van der Waals surface area contributed by atoms with Gasteiger partial charge in [-0.1, -0.05) is 0 Å². The molecule has 2 rings (SSSR count). The number of anilines is 1. The zero-order chi connectivity index (χ0) is 17.1. The summed E-state index contributed by atoms with van der Waals surface area (Å²) in [6.07, 6.45) is 1.52. The Balaban J connectivity index is 2.72. The normalized spacial score (nSPS) is 10.9. The number of rotatable bonds is 5. The fraction of sp³-hybridized carbons (Fsp3) is 0.500. The summed E-state index contributed by atoms with van der Waals surface area (Å²) < 4.78 is 6.96. The topological polar surface area (TPSA) is 81.4 Å². The number of ether oxygens (including phenoxy) is 1. The van der Waals surface area contributed by atoms with Crippen LogP contribution in [0.25, 0.3) is 11.0 Å². The van der Waals surface area contributed by atoms with Crippen LogP contribution in [0.5, 0.6) is 0 Å². The van der Waals surface area contributed by atoms with E-state index >= 15 is 0 Å². The highest BCUT2D eigenvalue weighted by atomic mass is 16.5. The number of fused-ring (bicyclic) bond motifs is 1. The summed E-state index contributed by atoms with van der Waals surface area (Å²) >= 11 is 0. The SMILES string of the molecule is CCOC(=O)c1cnc2c(c(C)nn2C(C)C)c1NN=C(C)C. The molecule has 0 amide bonds. The fourth-order valence-electron chi connectivity index (χ4n) is 2.28. The number of carbonyl (C=O) groups is 1. The molecule has 0 radical (unpaired) electrons. The number of hydrogen-bond donors (Lipinski definition) is 1. The Kier molecular flexibility index (Phi) is 4.98. The van der Waals surface area contributed by atoms with Crippen molar-refractivity contribution in [1.29, 1.82) is 0 Å². The zero-order valence-corrected chi connectivity index (χ0v) is 14.5. The standard InChI is InChI=1S/C16H23N5O2/c1-7-23-16(22)12-8-17-15-13(14(12)19-18-9(2)3)11(6)20-21(15)10(4)5/h8,10H,7H2,1-6H3,(H,17,19). The number of nitrogens with one attached hydrogen (secondary N) is 1. The first-order valence-electron chi connectivity index (χ1n) is 7.68. The highest BCUT2D eigenvalue weighted by Crippen LogP contribution is 2.30. The summed E-state index contributed by atoms with van der Waals surface area (Å²) in [5, 5.41) is 9.56. The third kappa shape index (κ3) is 3.33. The van der Waals surface area contributed by atoms with E-state index in [9.17, 15) is 4.79 Å². The second kappa shape index (κ2) is 6.76. The Morgan fingerprint density at radius 1 is 1.43 bits per heavy atom. The third-order valence-electron chi connectivity index (χ3n) is 3.27. The monoisotopic (exact) mass is 317 g/mol. The minimum atomic E-state index is -0.426. The molecule has 1 N–H and O–H groups in total. The summed E-state index contributed by atoms with van der Waals surface area (Å²) in [6.45, 7) is 11.8. The predicted molar refractivity (Wildman–Crippen MR) is 91.0 cm³/mol. The summed E-state index contributed by atoms with van der Waals surface area (Å²) in [4.78, 5) is 16.7. The van der Waals surface area contributed by atoms with Crippen LogP contribution in [-0.2, 0) is 4.74 Å². The van der Waals surface area contributed by atoms with E-state index in [0.717, 1.165) is 22.4 Å². The molecule has 0 aliphatic carbocycles. The van der Waals surface area contributed by atoms with Crippen LogP contribution in [0.1, 0.15) is 56.7 Å². The number of hydrazone groups is 1. The molecule has 0 unspecified atom stereocenters. The maximum atomic E-state index is 12.2. The van der Waals surface area contributed by atoms with Crippen LogP contribution in [-0.4, -0.2) is 33.1 Å². The summed E-state index contributed by atoms with van der Waals surface area (Å²) in [5.41, 5.74) is 6.28. The van der Waals surface area contributed by atoms with Crippen LogP contribution in [0, 0.1) is 6.92 Å². The van der Waals surface area contributed by atoms with Gasteiger partial charge >= 0.3 is 5.97 Å². The van der Waals surface area contributed by atoms with E-state index in [0.29, 0.717) is 17.9 Å². The van der Waals surface area contributed by atoms with Crippen molar-refractivity contribution in [2.75, 3.05) is 12.0 Å². The Labute approximate surface area is 135 Å². The number of nitrogens with zero attached hydrogens (tertiary/aromatic N) is 4. The second-order valence-electron chi connectivity index (χ2n) is 5.76. The third-order valence-corrected chi connectivity index (χ3v) is 3.27. The van der Waals surface area contributed by atoms with Gasteiger partial charge in [-0.05, 0) is 41.5 Å². The van der Waals surface area contributed by atoms with Gasteiger partial charge in [-0.15, -0.1) is 0 Å². The smallest absolute Gasteiger partial charge is 0.341 e. The number of aryl methyl sites for hydroxylation is 1. The van der Waals surface area contributed by atoms with Crippen molar-refractivity contribution in [1.82, 2.24) is 14.8 Å². The lowest BCUT2D eigenvalue weighted by Gasteiger charge is -2.11. The van der Waals surface area contributed by atoms with Crippen molar-refractivity contribution < 1.29 is 9.53 Å². The number of carbonyl (C=O) groups excluding carboxylic acids is 1. The fourth-order valence-corrected chi connectivity index (χ4v) is 2.28. The molecule has 0 bridgehead atoms. The van der Waals surface area contributed by atoms with Gasteiger partial charge in [0.05, 0.1) is 23.4 Å². The Bertz CT molecular complexity index is 757. The van der Waals surface area contributed by atoms with Gasteiger partial charge in [-0.25, -0.2) is 14.5 Å². The number of hydrogen-bond acceptors (Lipinski definition) is 6.